The summed E-state index contributed by atoms with van der Waals surface area (Å²) in [4.78, 5) is 23.4. The van der Waals surface area contributed by atoms with Crippen molar-refractivity contribution in [3.05, 3.63) is 24.4 Å². The van der Waals surface area contributed by atoms with Gasteiger partial charge in [0.15, 0.2) is 0 Å². The molecule has 1 amide bonds. The lowest BCUT2D eigenvalue weighted by Gasteiger charge is -2.07. The van der Waals surface area contributed by atoms with Crippen LogP contribution in [0.5, 0.6) is 0 Å². The number of carbonyl (C=O) groups is 2. The molecule has 0 saturated heterocycles. The molecular weight excluding hydrogens is 258 g/mol. The monoisotopic (exact) mass is 273 g/mol. The van der Waals surface area contributed by atoms with Gasteiger partial charge in [0.1, 0.15) is 0 Å². The van der Waals surface area contributed by atoms with Gasteiger partial charge in [-0.15, -0.1) is 0 Å². The lowest BCUT2D eigenvalue weighted by atomic mass is 10.1. The Kier molecular flexibility index (Phi) is 2.57. The Morgan fingerprint density at radius 2 is 2.10 bits per heavy atom. The molecule has 1 aliphatic rings. The molecule has 1 aromatic carbocycles. The molecule has 2 aromatic rings. The molecule has 1 saturated carbocycles. The molecule has 104 valence electrons. The van der Waals surface area contributed by atoms with Crippen LogP contribution in [-0.2, 0) is 9.59 Å². The van der Waals surface area contributed by atoms with Crippen molar-refractivity contribution in [1.82, 2.24) is 10.2 Å². The van der Waals surface area contributed by atoms with Crippen LogP contribution < -0.4 is 5.32 Å². The molecule has 2 atom stereocenters. The summed E-state index contributed by atoms with van der Waals surface area (Å²) in [5.41, 5.74) is 0.973. The summed E-state index contributed by atoms with van der Waals surface area (Å²) in [6, 6.07) is 5.45. The summed E-state index contributed by atoms with van der Waals surface area (Å²) < 4.78 is 0. The van der Waals surface area contributed by atoms with E-state index >= 15 is 0 Å². The number of fused-ring (bicyclic) bond motifs is 1. The normalized spacial score (nSPS) is 23.5. The van der Waals surface area contributed by atoms with Crippen LogP contribution in [0, 0.1) is 17.3 Å². The van der Waals surface area contributed by atoms with Crippen molar-refractivity contribution in [3.8, 4) is 0 Å². The summed E-state index contributed by atoms with van der Waals surface area (Å²) in [5, 5.41) is 19.5. The quantitative estimate of drug-likeness (QED) is 0.795. The largest absolute Gasteiger partial charge is 0.481 e. The van der Waals surface area contributed by atoms with Crippen molar-refractivity contribution in [1.29, 1.82) is 0 Å². The van der Waals surface area contributed by atoms with Crippen molar-refractivity contribution in [3.63, 3.8) is 0 Å². The topological polar surface area (TPSA) is 95.1 Å². The molecule has 1 heterocycles. The van der Waals surface area contributed by atoms with Gasteiger partial charge in [-0.25, -0.2) is 0 Å². The first-order valence-corrected chi connectivity index (χ1v) is 6.38. The molecule has 6 nitrogen and oxygen atoms in total. The highest BCUT2D eigenvalue weighted by Gasteiger charge is 2.65. The smallest absolute Gasteiger partial charge is 0.307 e. The number of H-pyrrole nitrogens is 1. The van der Waals surface area contributed by atoms with Gasteiger partial charge in [0.05, 0.1) is 29.2 Å². The number of carboxylic acid groups (broad SMARTS) is 1. The van der Waals surface area contributed by atoms with Gasteiger partial charge in [-0.05, 0) is 17.5 Å². The van der Waals surface area contributed by atoms with Crippen LogP contribution in [0.4, 0.5) is 5.69 Å². The van der Waals surface area contributed by atoms with E-state index in [1.165, 1.54) is 0 Å². The van der Waals surface area contributed by atoms with Crippen LogP contribution in [0.1, 0.15) is 13.8 Å². The first-order chi connectivity index (χ1) is 9.43. The standard InChI is InChI=1S/C14H15N3O3/c1-14(2)10(11(14)13(19)20)12(18)16-8-4-3-5-9-7(8)6-15-17-9/h3-6,10-11H,1-2H3,(H,15,17)(H,16,18)(H,19,20). The molecule has 0 spiro atoms. The number of nitrogens with one attached hydrogen (secondary N) is 2. The molecule has 1 aromatic heterocycles. The van der Waals surface area contributed by atoms with Crippen LogP contribution in [0.3, 0.4) is 0 Å². The maximum atomic E-state index is 12.3. The number of nitrogens with zero attached hydrogens (tertiary/aromatic N) is 1. The number of amides is 1. The van der Waals surface area contributed by atoms with Crippen molar-refractivity contribution in [2.75, 3.05) is 5.32 Å². The number of aromatic nitrogens is 2. The Labute approximate surface area is 115 Å². The van der Waals surface area contributed by atoms with Crippen LogP contribution in [-0.4, -0.2) is 27.2 Å². The minimum atomic E-state index is -0.920. The first-order valence-electron chi connectivity index (χ1n) is 6.38. The van der Waals surface area contributed by atoms with Gasteiger partial charge >= 0.3 is 5.97 Å². The Hall–Kier alpha value is -2.37. The van der Waals surface area contributed by atoms with Gasteiger partial charge in [0.2, 0.25) is 5.91 Å². The molecule has 1 aliphatic carbocycles. The van der Waals surface area contributed by atoms with Gasteiger partial charge < -0.3 is 10.4 Å². The van der Waals surface area contributed by atoms with E-state index in [0.717, 1.165) is 10.9 Å². The highest BCUT2D eigenvalue weighted by atomic mass is 16.4. The van der Waals surface area contributed by atoms with Crippen molar-refractivity contribution in [2.45, 2.75) is 13.8 Å². The number of carboxylic acids is 1. The molecule has 0 aliphatic heterocycles. The highest BCUT2D eigenvalue weighted by Crippen LogP contribution is 2.58. The summed E-state index contributed by atoms with van der Waals surface area (Å²) >= 11 is 0. The maximum Gasteiger partial charge on any atom is 0.307 e. The average molecular weight is 273 g/mol. The number of carbonyl (C=O) groups excluding carboxylic acids is 1. The fraction of sp³-hybridized carbons (Fsp3) is 0.357. The Morgan fingerprint density at radius 1 is 1.35 bits per heavy atom. The molecule has 0 bridgehead atoms. The van der Waals surface area contributed by atoms with Crippen LogP contribution in [0.25, 0.3) is 10.9 Å². The van der Waals surface area contributed by atoms with Crippen molar-refractivity contribution in [2.24, 2.45) is 17.3 Å². The molecular formula is C14H15N3O3. The molecule has 0 radical (unpaired) electrons. The number of aromatic amines is 1. The summed E-state index contributed by atoms with van der Waals surface area (Å²) in [6.45, 7) is 3.60. The third-order valence-corrected chi connectivity index (χ3v) is 4.12. The SMILES string of the molecule is CC1(C)C(C(=O)O)C1C(=O)Nc1cccc2[nH]ncc12. The van der Waals surface area contributed by atoms with E-state index in [1.807, 2.05) is 12.1 Å². The van der Waals surface area contributed by atoms with Gasteiger partial charge in [-0.3, -0.25) is 14.7 Å². The molecule has 3 N–H and O–H groups in total. The lowest BCUT2D eigenvalue weighted by molar-refractivity contribution is -0.140. The van der Waals surface area contributed by atoms with E-state index in [1.54, 1.807) is 26.1 Å². The Morgan fingerprint density at radius 3 is 2.75 bits per heavy atom. The van der Waals surface area contributed by atoms with Crippen LogP contribution in [0.2, 0.25) is 0 Å². The van der Waals surface area contributed by atoms with E-state index < -0.39 is 23.2 Å². The molecule has 1 fully saturated rings. The number of aliphatic carboxylic acids is 1. The fourth-order valence-electron chi connectivity index (χ4n) is 2.88. The zero-order chi connectivity index (χ0) is 14.5. The zero-order valence-corrected chi connectivity index (χ0v) is 11.2. The molecule has 3 rings (SSSR count). The van der Waals surface area contributed by atoms with Gasteiger partial charge in [-0.2, -0.15) is 5.10 Å². The minimum Gasteiger partial charge on any atom is -0.481 e. The van der Waals surface area contributed by atoms with Crippen LogP contribution >= 0.6 is 0 Å². The van der Waals surface area contributed by atoms with Crippen LogP contribution in [0.15, 0.2) is 24.4 Å². The second-order valence-corrected chi connectivity index (χ2v) is 5.74. The summed E-state index contributed by atoms with van der Waals surface area (Å²) in [6.07, 6.45) is 1.64. The second kappa shape index (κ2) is 4.06. The summed E-state index contributed by atoms with van der Waals surface area (Å²) in [7, 11) is 0. The zero-order valence-electron chi connectivity index (χ0n) is 11.2. The predicted octanol–water partition coefficient (Wildman–Crippen LogP) is 1.86. The van der Waals surface area contributed by atoms with E-state index in [4.69, 9.17) is 5.11 Å². The predicted molar refractivity (Wildman–Crippen MR) is 73.1 cm³/mol. The molecule has 2 unspecified atom stereocenters. The van der Waals surface area contributed by atoms with E-state index in [-0.39, 0.29) is 5.91 Å². The highest BCUT2D eigenvalue weighted by molar-refractivity contribution is 6.04. The third-order valence-electron chi connectivity index (χ3n) is 4.12. The van der Waals surface area contributed by atoms with Crippen molar-refractivity contribution >= 4 is 28.5 Å². The first kappa shape index (κ1) is 12.7. The van der Waals surface area contributed by atoms with E-state index in [9.17, 15) is 9.59 Å². The van der Waals surface area contributed by atoms with Crippen molar-refractivity contribution < 1.29 is 14.7 Å². The lowest BCUT2D eigenvalue weighted by Crippen LogP contribution is -2.17. The summed E-state index contributed by atoms with van der Waals surface area (Å²) in [5.74, 6) is -2.29. The molecule has 6 heteroatoms. The fourth-order valence-corrected chi connectivity index (χ4v) is 2.88. The minimum absolute atomic E-state index is 0.254. The third kappa shape index (κ3) is 1.76. The maximum absolute atomic E-state index is 12.3. The van der Waals surface area contributed by atoms with E-state index in [0.29, 0.717) is 5.69 Å². The Balaban J connectivity index is 1.84. The number of hydrogen-bond donors (Lipinski definition) is 3. The number of hydrogen-bond acceptors (Lipinski definition) is 3. The number of benzene rings is 1. The average Bonchev–Trinajstić information content (AvgIpc) is 2.73. The van der Waals surface area contributed by atoms with Gasteiger partial charge in [0, 0.05) is 5.39 Å². The molecule has 20 heavy (non-hydrogen) atoms. The van der Waals surface area contributed by atoms with E-state index in [2.05, 4.69) is 15.5 Å². The van der Waals surface area contributed by atoms with Gasteiger partial charge in [0.25, 0.3) is 0 Å². The Bertz CT molecular complexity index is 705. The van der Waals surface area contributed by atoms with Gasteiger partial charge in [-0.1, -0.05) is 19.9 Å². The number of rotatable bonds is 3. The second-order valence-electron chi connectivity index (χ2n) is 5.74. The number of anilines is 1.